The van der Waals surface area contributed by atoms with Gasteiger partial charge < -0.3 is 10.4 Å². The molecular weight excluding hydrogens is 222 g/mol. The molecule has 1 unspecified atom stereocenters. The Hall–Kier alpha value is -1.11. The molecule has 0 aromatic carbocycles. The highest BCUT2D eigenvalue weighted by Crippen LogP contribution is 1.93. The number of nitrogens with one attached hydrogen (secondary N) is 1. The fourth-order valence-electron chi connectivity index (χ4n) is 0.938. The minimum atomic E-state index is -3.16. The van der Waals surface area contributed by atoms with E-state index in [1.54, 1.807) is 6.92 Å². The Morgan fingerprint density at radius 2 is 1.93 bits per heavy atom. The van der Waals surface area contributed by atoms with Crippen LogP contribution >= 0.6 is 0 Å². The van der Waals surface area contributed by atoms with Gasteiger partial charge in [-0.25, -0.2) is 8.42 Å². The normalized spacial score (nSPS) is 13.2. The number of amides is 1. The quantitative estimate of drug-likeness (QED) is 0.642. The van der Waals surface area contributed by atoms with Gasteiger partial charge >= 0.3 is 5.97 Å². The van der Waals surface area contributed by atoms with E-state index in [0.717, 1.165) is 6.26 Å². The lowest BCUT2D eigenvalue weighted by Crippen LogP contribution is -2.35. The van der Waals surface area contributed by atoms with E-state index in [4.69, 9.17) is 5.11 Å². The van der Waals surface area contributed by atoms with E-state index in [9.17, 15) is 18.0 Å². The summed E-state index contributed by atoms with van der Waals surface area (Å²) in [5.74, 6) is -1.68. The molecule has 1 amide bonds. The Bertz CT molecular complexity index is 335. The molecule has 6 nitrogen and oxygen atoms in total. The predicted octanol–water partition coefficient (Wildman–Crippen LogP) is -0.599. The van der Waals surface area contributed by atoms with Crippen LogP contribution in [0.2, 0.25) is 0 Å². The predicted molar refractivity (Wildman–Crippen MR) is 54.2 cm³/mol. The van der Waals surface area contributed by atoms with Crippen molar-refractivity contribution in [3.8, 4) is 0 Å². The summed E-state index contributed by atoms with van der Waals surface area (Å²) in [6.45, 7) is 1.55. The number of carbonyl (C=O) groups is 2. The SMILES string of the molecule is CC(CC(=O)O)NC(=O)CCS(C)(=O)=O. The van der Waals surface area contributed by atoms with E-state index in [1.807, 2.05) is 0 Å². The molecule has 0 radical (unpaired) electrons. The van der Waals surface area contributed by atoms with Crippen LogP contribution in [0.1, 0.15) is 19.8 Å². The Kier molecular flexibility index (Phi) is 5.27. The lowest BCUT2D eigenvalue weighted by atomic mass is 10.2. The molecule has 0 aliphatic rings. The molecule has 0 aliphatic heterocycles. The molecule has 0 rings (SSSR count). The van der Waals surface area contributed by atoms with E-state index < -0.39 is 27.8 Å². The Morgan fingerprint density at radius 1 is 1.40 bits per heavy atom. The van der Waals surface area contributed by atoms with Gasteiger partial charge in [0.15, 0.2) is 0 Å². The molecule has 0 fully saturated rings. The van der Waals surface area contributed by atoms with Crippen molar-refractivity contribution < 1.29 is 23.1 Å². The summed E-state index contributed by atoms with van der Waals surface area (Å²) < 4.78 is 21.5. The van der Waals surface area contributed by atoms with Crippen LogP contribution in [-0.4, -0.2) is 43.5 Å². The number of hydrogen-bond acceptors (Lipinski definition) is 4. The van der Waals surface area contributed by atoms with E-state index in [1.165, 1.54) is 0 Å². The fourth-order valence-corrected chi connectivity index (χ4v) is 1.49. The van der Waals surface area contributed by atoms with Crippen LogP contribution in [-0.2, 0) is 19.4 Å². The minimum Gasteiger partial charge on any atom is -0.481 e. The van der Waals surface area contributed by atoms with Gasteiger partial charge in [0.2, 0.25) is 5.91 Å². The summed E-state index contributed by atoms with van der Waals surface area (Å²) in [5.41, 5.74) is 0. The van der Waals surface area contributed by atoms with Crippen LogP contribution < -0.4 is 5.32 Å². The van der Waals surface area contributed by atoms with Crippen molar-refractivity contribution in [1.82, 2.24) is 5.32 Å². The van der Waals surface area contributed by atoms with Crippen molar-refractivity contribution in [1.29, 1.82) is 0 Å². The molecule has 15 heavy (non-hydrogen) atoms. The zero-order chi connectivity index (χ0) is 12.1. The van der Waals surface area contributed by atoms with Gasteiger partial charge in [-0.2, -0.15) is 0 Å². The second-order valence-electron chi connectivity index (χ2n) is 3.45. The molecule has 88 valence electrons. The Balaban J connectivity index is 3.89. The van der Waals surface area contributed by atoms with Crippen LogP contribution in [0.5, 0.6) is 0 Å². The molecule has 0 aromatic heterocycles. The molecule has 0 bridgehead atoms. The first-order valence-electron chi connectivity index (χ1n) is 4.39. The van der Waals surface area contributed by atoms with Crippen molar-refractivity contribution >= 4 is 21.7 Å². The maximum atomic E-state index is 11.1. The van der Waals surface area contributed by atoms with Crippen LogP contribution in [0.15, 0.2) is 0 Å². The number of sulfone groups is 1. The molecular formula is C8H15NO5S. The zero-order valence-corrected chi connectivity index (χ0v) is 9.50. The van der Waals surface area contributed by atoms with Crippen LogP contribution in [0.4, 0.5) is 0 Å². The number of carboxylic acids is 1. The number of rotatable bonds is 6. The van der Waals surface area contributed by atoms with Gasteiger partial charge in [-0.05, 0) is 6.92 Å². The van der Waals surface area contributed by atoms with E-state index >= 15 is 0 Å². The zero-order valence-electron chi connectivity index (χ0n) is 8.69. The van der Waals surface area contributed by atoms with E-state index in [2.05, 4.69) is 5.32 Å². The van der Waals surface area contributed by atoms with Crippen molar-refractivity contribution in [2.75, 3.05) is 12.0 Å². The number of carboxylic acid groups (broad SMARTS) is 1. The van der Waals surface area contributed by atoms with Crippen molar-refractivity contribution in [3.63, 3.8) is 0 Å². The second-order valence-corrected chi connectivity index (χ2v) is 5.71. The highest BCUT2D eigenvalue weighted by Gasteiger charge is 2.12. The Labute approximate surface area is 88.6 Å². The fraction of sp³-hybridized carbons (Fsp3) is 0.750. The van der Waals surface area contributed by atoms with E-state index in [-0.39, 0.29) is 18.6 Å². The van der Waals surface area contributed by atoms with Gasteiger partial charge in [-0.3, -0.25) is 9.59 Å². The standard InChI is InChI=1S/C8H15NO5S/c1-6(5-8(11)12)9-7(10)3-4-15(2,13)14/h6H,3-5H2,1-2H3,(H,9,10)(H,11,12). The second kappa shape index (κ2) is 5.69. The maximum Gasteiger partial charge on any atom is 0.305 e. The first-order chi connectivity index (χ1) is 6.70. The van der Waals surface area contributed by atoms with Crippen LogP contribution in [0.3, 0.4) is 0 Å². The summed E-state index contributed by atoms with van der Waals surface area (Å²) in [6, 6.07) is -0.491. The monoisotopic (exact) mass is 237 g/mol. The van der Waals surface area contributed by atoms with Gasteiger partial charge in [0, 0.05) is 18.7 Å². The molecule has 0 aliphatic carbocycles. The molecule has 0 spiro atoms. The third-order valence-electron chi connectivity index (χ3n) is 1.59. The molecule has 7 heteroatoms. The van der Waals surface area contributed by atoms with Gasteiger partial charge in [0.05, 0.1) is 12.2 Å². The van der Waals surface area contributed by atoms with Crippen molar-refractivity contribution in [3.05, 3.63) is 0 Å². The summed E-state index contributed by atoms with van der Waals surface area (Å²) in [4.78, 5) is 21.4. The number of carbonyl (C=O) groups excluding carboxylic acids is 1. The molecule has 0 saturated heterocycles. The van der Waals surface area contributed by atoms with Crippen molar-refractivity contribution in [2.45, 2.75) is 25.8 Å². The summed E-state index contributed by atoms with van der Waals surface area (Å²) >= 11 is 0. The molecule has 0 aromatic rings. The minimum absolute atomic E-state index is 0.136. The van der Waals surface area contributed by atoms with E-state index in [0.29, 0.717) is 0 Å². The third-order valence-corrected chi connectivity index (χ3v) is 2.53. The van der Waals surface area contributed by atoms with Gasteiger partial charge in [-0.15, -0.1) is 0 Å². The van der Waals surface area contributed by atoms with Crippen LogP contribution in [0.25, 0.3) is 0 Å². The molecule has 1 atom stereocenters. The summed E-state index contributed by atoms with van der Waals surface area (Å²) in [5, 5.41) is 10.8. The third kappa shape index (κ3) is 9.20. The average molecular weight is 237 g/mol. The molecule has 0 heterocycles. The first kappa shape index (κ1) is 13.9. The highest BCUT2D eigenvalue weighted by molar-refractivity contribution is 7.90. The smallest absolute Gasteiger partial charge is 0.305 e. The lowest BCUT2D eigenvalue weighted by molar-refractivity contribution is -0.137. The first-order valence-corrected chi connectivity index (χ1v) is 6.45. The maximum absolute atomic E-state index is 11.1. The van der Waals surface area contributed by atoms with Gasteiger partial charge in [-0.1, -0.05) is 0 Å². The average Bonchev–Trinajstić information content (AvgIpc) is 1.97. The Morgan fingerprint density at radius 3 is 2.33 bits per heavy atom. The lowest BCUT2D eigenvalue weighted by Gasteiger charge is -2.10. The van der Waals surface area contributed by atoms with Crippen LogP contribution in [0, 0.1) is 0 Å². The van der Waals surface area contributed by atoms with Gasteiger partial charge in [0.1, 0.15) is 9.84 Å². The summed E-state index contributed by atoms with van der Waals surface area (Å²) in [6.07, 6.45) is 0.731. The highest BCUT2D eigenvalue weighted by atomic mass is 32.2. The summed E-state index contributed by atoms with van der Waals surface area (Å²) in [7, 11) is -3.16. The topological polar surface area (TPSA) is 101 Å². The molecule has 2 N–H and O–H groups in total. The molecule has 0 saturated carbocycles. The number of hydrogen-bond donors (Lipinski definition) is 2. The number of aliphatic carboxylic acids is 1. The van der Waals surface area contributed by atoms with Gasteiger partial charge in [0.25, 0.3) is 0 Å². The van der Waals surface area contributed by atoms with Crippen molar-refractivity contribution in [2.24, 2.45) is 0 Å². The largest absolute Gasteiger partial charge is 0.481 e.